The molecule has 2 fully saturated rings. The van der Waals surface area contributed by atoms with Gasteiger partial charge >= 0.3 is 6.09 Å². The van der Waals surface area contributed by atoms with Gasteiger partial charge in [0.2, 0.25) is 0 Å². The van der Waals surface area contributed by atoms with Crippen molar-refractivity contribution in [2.45, 2.75) is 38.7 Å². The van der Waals surface area contributed by atoms with Gasteiger partial charge in [0.25, 0.3) is 0 Å². The van der Waals surface area contributed by atoms with E-state index < -0.39 is 0 Å². The van der Waals surface area contributed by atoms with Crippen LogP contribution in [0.25, 0.3) is 22.0 Å². The number of pyridine rings is 1. The molecule has 2 aliphatic heterocycles. The minimum absolute atomic E-state index is 0. The van der Waals surface area contributed by atoms with Crippen molar-refractivity contribution >= 4 is 41.8 Å². The Labute approximate surface area is 225 Å². The van der Waals surface area contributed by atoms with Gasteiger partial charge in [-0.25, -0.2) is 4.79 Å². The molecule has 6 nitrogen and oxygen atoms in total. The fraction of sp³-hybridized carbons (Fsp3) is 0.429. The van der Waals surface area contributed by atoms with E-state index in [1.165, 1.54) is 24.0 Å². The second-order valence-electron chi connectivity index (χ2n) is 9.30. The SMILES string of the molecule is Cc1c(-c2ccc(OC3CCN(C(=O)OCCN4CCCC4)CC3)cc2)ccc2cccnc12.Cl.Cl. The summed E-state index contributed by atoms with van der Waals surface area (Å²) in [7, 11) is 0. The van der Waals surface area contributed by atoms with Gasteiger partial charge in [-0.3, -0.25) is 9.88 Å². The second-order valence-corrected chi connectivity index (χ2v) is 9.30. The van der Waals surface area contributed by atoms with E-state index in [1.807, 2.05) is 29.3 Å². The van der Waals surface area contributed by atoms with Crippen LogP contribution in [0.1, 0.15) is 31.2 Å². The van der Waals surface area contributed by atoms with E-state index in [0.29, 0.717) is 19.7 Å². The van der Waals surface area contributed by atoms with Crippen molar-refractivity contribution < 1.29 is 14.3 Å². The van der Waals surface area contributed by atoms with Crippen molar-refractivity contribution in [2.75, 3.05) is 39.3 Å². The highest BCUT2D eigenvalue weighted by atomic mass is 35.5. The molecule has 0 unspecified atom stereocenters. The fourth-order valence-corrected chi connectivity index (χ4v) is 5.03. The van der Waals surface area contributed by atoms with Crippen LogP contribution in [0.3, 0.4) is 0 Å². The smallest absolute Gasteiger partial charge is 0.409 e. The first-order valence-corrected chi connectivity index (χ1v) is 12.4. The summed E-state index contributed by atoms with van der Waals surface area (Å²) in [6.45, 7) is 7.05. The standard InChI is InChI=1S/C28H33N3O3.2ClH/c1-21-26(11-8-23-5-4-14-29-27(21)23)22-6-9-24(10-7-22)34-25-12-17-31(18-13-25)28(32)33-20-19-30-15-2-3-16-30;;/h4-11,14,25H,2-3,12-13,15-20H2,1H3;2*1H. The van der Waals surface area contributed by atoms with Crippen LogP contribution >= 0.6 is 24.8 Å². The monoisotopic (exact) mass is 531 g/mol. The molecule has 5 rings (SSSR count). The Morgan fingerprint density at radius 2 is 1.69 bits per heavy atom. The van der Waals surface area contributed by atoms with Gasteiger partial charge in [0.1, 0.15) is 18.5 Å². The summed E-state index contributed by atoms with van der Waals surface area (Å²) in [5.74, 6) is 0.868. The maximum atomic E-state index is 12.4. The van der Waals surface area contributed by atoms with Crippen molar-refractivity contribution in [3.8, 4) is 16.9 Å². The number of fused-ring (bicyclic) bond motifs is 1. The number of benzene rings is 2. The molecule has 1 amide bonds. The molecule has 0 spiro atoms. The fourth-order valence-electron chi connectivity index (χ4n) is 5.03. The van der Waals surface area contributed by atoms with Crippen LogP contribution in [0.4, 0.5) is 4.79 Å². The first-order valence-electron chi connectivity index (χ1n) is 12.4. The Hall–Kier alpha value is -2.54. The lowest BCUT2D eigenvalue weighted by molar-refractivity contribution is 0.0632. The van der Waals surface area contributed by atoms with Gasteiger partial charge in [0, 0.05) is 44.1 Å². The molecule has 0 aliphatic carbocycles. The summed E-state index contributed by atoms with van der Waals surface area (Å²) in [6, 6.07) is 16.6. The van der Waals surface area contributed by atoms with Crippen LogP contribution in [0.15, 0.2) is 54.7 Å². The number of hydrogen-bond acceptors (Lipinski definition) is 5. The van der Waals surface area contributed by atoms with E-state index in [2.05, 4.69) is 47.1 Å². The molecular formula is C28H35Cl2N3O3. The molecule has 0 radical (unpaired) electrons. The molecule has 0 bridgehead atoms. The van der Waals surface area contributed by atoms with E-state index >= 15 is 0 Å². The zero-order valence-corrected chi connectivity index (χ0v) is 22.4. The van der Waals surface area contributed by atoms with E-state index in [-0.39, 0.29) is 37.0 Å². The van der Waals surface area contributed by atoms with E-state index in [1.54, 1.807) is 0 Å². The molecule has 8 heteroatoms. The maximum Gasteiger partial charge on any atom is 0.409 e. The largest absolute Gasteiger partial charge is 0.490 e. The summed E-state index contributed by atoms with van der Waals surface area (Å²) < 4.78 is 11.7. The van der Waals surface area contributed by atoms with Gasteiger partial charge in [-0.1, -0.05) is 30.3 Å². The quantitative estimate of drug-likeness (QED) is 0.382. The van der Waals surface area contributed by atoms with Crippen LogP contribution in [0, 0.1) is 6.92 Å². The third-order valence-electron chi connectivity index (χ3n) is 7.03. The minimum atomic E-state index is -0.192. The summed E-state index contributed by atoms with van der Waals surface area (Å²) in [5, 5.41) is 1.16. The number of carbonyl (C=O) groups is 1. The Morgan fingerprint density at radius 1 is 0.972 bits per heavy atom. The molecule has 0 saturated carbocycles. The molecule has 0 atom stereocenters. The number of carbonyl (C=O) groups excluding carboxylic acids is 1. The van der Waals surface area contributed by atoms with Crippen molar-refractivity contribution in [1.82, 2.24) is 14.8 Å². The zero-order chi connectivity index (χ0) is 23.3. The molecule has 36 heavy (non-hydrogen) atoms. The molecule has 2 aromatic carbocycles. The Morgan fingerprint density at radius 3 is 2.42 bits per heavy atom. The predicted octanol–water partition coefficient (Wildman–Crippen LogP) is 6.13. The lowest BCUT2D eigenvalue weighted by atomic mass is 9.98. The minimum Gasteiger partial charge on any atom is -0.490 e. The number of halogens is 2. The van der Waals surface area contributed by atoms with Crippen LogP contribution in [0.5, 0.6) is 5.75 Å². The number of aromatic nitrogens is 1. The number of piperidine rings is 1. The van der Waals surface area contributed by atoms with Gasteiger partial charge in [0.05, 0.1) is 5.52 Å². The van der Waals surface area contributed by atoms with Crippen LogP contribution < -0.4 is 4.74 Å². The number of rotatable bonds is 6. The molecular weight excluding hydrogens is 497 g/mol. The number of amides is 1. The predicted molar refractivity (Wildman–Crippen MR) is 149 cm³/mol. The topological polar surface area (TPSA) is 54.9 Å². The molecule has 0 N–H and O–H groups in total. The molecule has 194 valence electrons. The normalized spacial score (nSPS) is 16.3. The van der Waals surface area contributed by atoms with Crippen LogP contribution in [-0.2, 0) is 4.74 Å². The highest BCUT2D eigenvalue weighted by molar-refractivity contribution is 5.88. The molecule has 2 aliphatic rings. The van der Waals surface area contributed by atoms with Crippen molar-refractivity contribution in [1.29, 1.82) is 0 Å². The third-order valence-corrected chi connectivity index (χ3v) is 7.03. The average Bonchev–Trinajstić information content (AvgIpc) is 3.39. The Bertz CT molecular complexity index is 1130. The number of ether oxygens (including phenoxy) is 2. The summed E-state index contributed by atoms with van der Waals surface area (Å²) in [4.78, 5) is 21.1. The summed E-state index contributed by atoms with van der Waals surface area (Å²) in [6.07, 6.45) is 5.91. The lowest BCUT2D eigenvalue weighted by Crippen LogP contribution is -2.42. The van der Waals surface area contributed by atoms with E-state index in [9.17, 15) is 4.79 Å². The first-order chi connectivity index (χ1) is 16.7. The summed E-state index contributed by atoms with van der Waals surface area (Å²) >= 11 is 0. The molecule has 2 saturated heterocycles. The number of hydrogen-bond donors (Lipinski definition) is 0. The number of aryl methyl sites for hydroxylation is 1. The molecule has 1 aromatic heterocycles. The Balaban J connectivity index is 0.00000180. The summed E-state index contributed by atoms with van der Waals surface area (Å²) in [5.41, 5.74) is 4.58. The van der Waals surface area contributed by atoms with Gasteiger partial charge in [-0.2, -0.15) is 0 Å². The second kappa shape index (κ2) is 13.1. The molecule has 3 heterocycles. The average molecular weight is 533 g/mol. The van der Waals surface area contributed by atoms with Crippen LogP contribution in [0.2, 0.25) is 0 Å². The van der Waals surface area contributed by atoms with Gasteiger partial charge in [-0.05, 0) is 67.7 Å². The van der Waals surface area contributed by atoms with E-state index in [0.717, 1.165) is 54.7 Å². The van der Waals surface area contributed by atoms with Gasteiger partial charge in [-0.15, -0.1) is 24.8 Å². The van der Waals surface area contributed by atoms with Crippen LogP contribution in [-0.4, -0.2) is 66.3 Å². The first kappa shape index (κ1) is 28.0. The lowest BCUT2D eigenvalue weighted by Gasteiger charge is -2.31. The maximum absolute atomic E-state index is 12.4. The van der Waals surface area contributed by atoms with Crippen molar-refractivity contribution in [3.05, 3.63) is 60.3 Å². The highest BCUT2D eigenvalue weighted by Gasteiger charge is 2.25. The zero-order valence-electron chi connectivity index (χ0n) is 20.7. The number of nitrogens with zero attached hydrogens (tertiary/aromatic N) is 3. The third kappa shape index (κ3) is 6.61. The Kier molecular flexibility index (Phi) is 10.2. The van der Waals surface area contributed by atoms with E-state index in [4.69, 9.17) is 9.47 Å². The molecule has 3 aromatic rings. The van der Waals surface area contributed by atoms with Gasteiger partial charge < -0.3 is 14.4 Å². The van der Waals surface area contributed by atoms with Crippen molar-refractivity contribution in [3.63, 3.8) is 0 Å². The van der Waals surface area contributed by atoms with Gasteiger partial charge in [0.15, 0.2) is 0 Å². The highest BCUT2D eigenvalue weighted by Crippen LogP contribution is 2.30. The number of likely N-dealkylation sites (tertiary alicyclic amines) is 2. The van der Waals surface area contributed by atoms with Crippen molar-refractivity contribution in [2.24, 2.45) is 0 Å².